The van der Waals surface area contributed by atoms with Crippen molar-refractivity contribution in [3.05, 3.63) is 0 Å². The maximum atomic E-state index is 10.8. The Hall–Kier alpha value is -0.130. The van der Waals surface area contributed by atoms with Gasteiger partial charge in [-0.3, -0.25) is 0 Å². The molecule has 2 atom stereocenters. The molecule has 4 nitrogen and oxygen atoms in total. The van der Waals surface area contributed by atoms with E-state index in [1.54, 1.807) is 0 Å². The molecule has 0 spiro atoms. The highest BCUT2D eigenvalue weighted by Crippen LogP contribution is 2.04. The van der Waals surface area contributed by atoms with E-state index in [4.69, 9.17) is 0 Å². The molecule has 0 radical (unpaired) electrons. The number of rotatable bonds is 0. The van der Waals surface area contributed by atoms with Gasteiger partial charge in [0.1, 0.15) is 11.5 Å². The molecule has 0 saturated carbocycles. The summed E-state index contributed by atoms with van der Waals surface area (Å²) in [6.07, 6.45) is 0. The summed E-state index contributed by atoms with van der Waals surface area (Å²) in [4.78, 5) is 0. The quantitative estimate of drug-likeness (QED) is 0.379. The average Bonchev–Trinajstić information content (AvgIpc) is 1.79. The fraction of sp³-hybridized carbons (Fsp3) is 1.00. The zero-order valence-electron chi connectivity index (χ0n) is 5.21. The van der Waals surface area contributed by atoms with E-state index in [-0.39, 0.29) is 23.6 Å². The van der Waals surface area contributed by atoms with E-state index < -0.39 is 9.84 Å². The first-order valence-corrected chi connectivity index (χ1v) is 4.70. The van der Waals surface area contributed by atoms with E-state index >= 15 is 0 Å². The smallest absolute Gasteiger partial charge is 0.162 e. The summed E-state index contributed by atoms with van der Waals surface area (Å²) in [5.41, 5.74) is 7.34. The lowest BCUT2D eigenvalue weighted by molar-refractivity contribution is -0.515. The van der Waals surface area contributed by atoms with Gasteiger partial charge in [-0.1, -0.05) is 0 Å². The van der Waals surface area contributed by atoms with Crippen LogP contribution in [0.5, 0.6) is 0 Å². The second-order valence-electron chi connectivity index (χ2n) is 2.60. The minimum atomic E-state index is -2.77. The SMILES string of the molecule is [NH3+]C1CS(=O)(=O)CC1[NH3+]. The first kappa shape index (κ1) is 6.98. The predicted molar refractivity (Wildman–Crippen MR) is 32.0 cm³/mol. The van der Waals surface area contributed by atoms with Gasteiger partial charge in [-0.25, -0.2) is 8.42 Å². The fourth-order valence-corrected chi connectivity index (χ4v) is 2.98. The van der Waals surface area contributed by atoms with Crippen molar-refractivity contribution in [2.24, 2.45) is 0 Å². The maximum Gasteiger partial charge on any atom is 0.162 e. The first-order valence-electron chi connectivity index (χ1n) is 2.88. The van der Waals surface area contributed by atoms with Crippen molar-refractivity contribution < 1.29 is 19.9 Å². The highest BCUT2D eigenvalue weighted by Gasteiger charge is 2.38. The molecular formula is C4H12N2O2S+2. The molecule has 0 aromatic carbocycles. The second kappa shape index (κ2) is 1.93. The molecule has 0 bridgehead atoms. The van der Waals surface area contributed by atoms with Gasteiger partial charge in [0.15, 0.2) is 21.9 Å². The van der Waals surface area contributed by atoms with Crippen LogP contribution in [0, 0.1) is 0 Å². The highest BCUT2D eigenvalue weighted by molar-refractivity contribution is 7.91. The van der Waals surface area contributed by atoms with Gasteiger partial charge in [0.2, 0.25) is 0 Å². The van der Waals surface area contributed by atoms with Crippen LogP contribution in [0.25, 0.3) is 0 Å². The van der Waals surface area contributed by atoms with E-state index in [0.29, 0.717) is 0 Å². The highest BCUT2D eigenvalue weighted by atomic mass is 32.2. The third-order valence-corrected chi connectivity index (χ3v) is 3.47. The lowest BCUT2D eigenvalue weighted by Gasteiger charge is -1.95. The number of hydrogen-bond acceptors (Lipinski definition) is 2. The molecule has 9 heavy (non-hydrogen) atoms. The zero-order chi connectivity index (χ0) is 7.07. The Balaban J connectivity index is 2.77. The Morgan fingerprint density at radius 1 is 1.11 bits per heavy atom. The zero-order valence-corrected chi connectivity index (χ0v) is 6.02. The average molecular weight is 152 g/mol. The Bertz CT molecular complexity index is 183. The van der Waals surface area contributed by atoms with E-state index in [1.165, 1.54) is 0 Å². The van der Waals surface area contributed by atoms with Crippen LogP contribution in [0.2, 0.25) is 0 Å². The minimum Gasteiger partial charge on any atom is -0.349 e. The van der Waals surface area contributed by atoms with Crippen molar-refractivity contribution in [3.63, 3.8) is 0 Å². The molecule has 1 fully saturated rings. The molecule has 0 aliphatic carbocycles. The fourth-order valence-electron chi connectivity index (χ4n) is 0.993. The molecule has 54 valence electrons. The van der Waals surface area contributed by atoms with Gasteiger partial charge in [0, 0.05) is 0 Å². The van der Waals surface area contributed by atoms with E-state index in [0.717, 1.165) is 0 Å². The summed E-state index contributed by atoms with van der Waals surface area (Å²) in [5, 5.41) is 0. The van der Waals surface area contributed by atoms with E-state index in [1.807, 2.05) is 0 Å². The molecule has 2 unspecified atom stereocenters. The van der Waals surface area contributed by atoms with Gasteiger partial charge in [-0.2, -0.15) is 0 Å². The van der Waals surface area contributed by atoms with Crippen molar-refractivity contribution >= 4 is 9.84 Å². The van der Waals surface area contributed by atoms with Crippen molar-refractivity contribution in [3.8, 4) is 0 Å². The molecule has 1 rings (SSSR count). The van der Waals surface area contributed by atoms with Crippen LogP contribution < -0.4 is 11.5 Å². The van der Waals surface area contributed by atoms with Crippen LogP contribution in [-0.2, 0) is 9.84 Å². The molecule has 6 N–H and O–H groups in total. The van der Waals surface area contributed by atoms with Gasteiger partial charge < -0.3 is 11.5 Å². The monoisotopic (exact) mass is 152 g/mol. The summed E-state index contributed by atoms with van der Waals surface area (Å²) < 4.78 is 21.5. The first-order chi connectivity index (χ1) is 4.01. The normalized spacial score (nSPS) is 41.1. The molecule has 1 saturated heterocycles. The van der Waals surface area contributed by atoms with Crippen LogP contribution in [-0.4, -0.2) is 32.0 Å². The van der Waals surface area contributed by atoms with Gasteiger partial charge in [-0.05, 0) is 0 Å². The van der Waals surface area contributed by atoms with Crippen LogP contribution >= 0.6 is 0 Å². The van der Waals surface area contributed by atoms with Crippen molar-refractivity contribution in [2.45, 2.75) is 12.1 Å². The third kappa shape index (κ3) is 1.41. The minimum absolute atomic E-state index is 0.00926. The second-order valence-corrected chi connectivity index (χ2v) is 4.75. The van der Waals surface area contributed by atoms with Crippen LogP contribution in [0.15, 0.2) is 0 Å². The molecule has 0 amide bonds. The standard InChI is InChI=1S/C4H10N2O2S/c5-3-1-9(7,8)2-4(3)6/h3-4H,1-2,5-6H2/p+2. The Labute approximate surface area is 54.1 Å². The predicted octanol–water partition coefficient (Wildman–Crippen LogP) is -3.36. The van der Waals surface area contributed by atoms with Gasteiger partial charge in [0.25, 0.3) is 0 Å². The largest absolute Gasteiger partial charge is 0.349 e. The molecule has 0 aromatic heterocycles. The number of quaternary nitrogens is 2. The summed E-state index contributed by atoms with van der Waals surface area (Å²) in [6, 6.07) is 0.0185. The van der Waals surface area contributed by atoms with Crippen LogP contribution in [0.1, 0.15) is 0 Å². The molecule has 5 heteroatoms. The van der Waals surface area contributed by atoms with Gasteiger partial charge in [-0.15, -0.1) is 0 Å². The Kier molecular flexibility index (Phi) is 1.50. The third-order valence-electron chi connectivity index (χ3n) is 1.60. The number of sulfone groups is 1. The van der Waals surface area contributed by atoms with Crippen LogP contribution in [0.3, 0.4) is 0 Å². The van der Waals surface area contributed by atoms with E-state index in [2.05, 4.69) is 11.5 Å². The van der Waals surface area contributed by atoms with Gasteiger partial charge >= 0.3 is 0 Å². The maximum absolute atomic E-state index is 10.8. The summed E-state index contributed by atoms with van der Waals surface area (Å²) in [7, 11) is -2.77. The lowest BCUT2D eigenvalue weighted by atomic mass is 10.2. The van der Waals surface area contributed by atoms with Gasteiger partial charge in [0.05, 0.1) is 0 Å². The summed E-state index contributed by atoms with van der Waals surface area (Å²) >= 11 is 0. The van der Waals surface area contributed by atoms with E-state index in [9.17, 15) is 8.42 Å². The summed E-state index contributed by atoms with van der Waals surface area (Å²) in [6.45, 7) is 0. The van der Waals surface area contributed by atoms with Crippen molar-refractivity contribution in [1.29, 1.82) is 0 Å². The lowest BCUT2D eigenvalue weighted by Crippen LogP contribution is -2.79. The van der Waals surface area contributed by atoms with Crippen molar-refractivity contribution in [2.75, 3.05) is 11.5 Å². The Morgan fingerprint density at radius 3 is 1.56 bits per heavy atom. The van der Waals surface area contributed by atoms with Crippen molar-refractivity contribution in [1.82, 2.24) is 0 Å². The molecule has 1 aliphatic rings. The molecule has 0 aromatic rings. The molecular weight excluding hydrogens is 140 g/mol. The Morgan fingerprint density at radius 2 is 1.44 bits per heavy atom. The van der Waals surface area contributed by atoms with Crippen LogP contribution in [0.4, 0.5) is 0 Å². The summed E-state index contributed by atoms with van der Waals surface area (Å²) in [5.74, 6) is 0.447. The molecule has 1 heterocycles. The molecule has 1 aliphatic heterocycles. The topological polar surface area (TPSA) is 89.4 Å². The number of hydrogen-bond donors (Lipinski definition) is 2.